The van der Waals surface area contributed by atoms with Crippen LogP contribution in [0.15, 0.2) is 78.9 Å². The molecule has 0 saturated carbocycles. The van der Waals surface area contributed by atoms with E-state index in [2.05, 4.69) is 29.2 Å². The lowest BCUT2D eigenvalue weighted by molar-refractivity contribution is -0.131. The zero-order valence-electron chi connectivity index (χ0n) is 17.5. The number of hydrogen-bond acceptors (Lipinski definition) is 2. The summed E-state index contributed by atoms with van der Waals surface area (Å²) in [5.74, 6) is 0.381. The van der Waals surface area contributed by atoms with Gasteiger partial charge in [-0.2, -0.15) is 0 Å². The smallest absolute Gasteiger partial charge is 0.142 e. The maximum absolute atomic E-state index is 13.4. The predicted molar refractivity (Wildman–Crippen MR) is 129 cm³/mol. The molecule has 4 heteroatoms. The zero-order valence-corrected chi connectivity index (χ0v) is 19.0. The standard InChI is InChI=1S/C27H27Cl2NO/c28-25-10-6-21(7-11-25)16-23-18-30(15-14-20-4-2-1-3-5-20)19-24(27(23)31)17-22-8-12-26(29)13-9-22/h1-13,23-24H,14-19H2. The van der Waals surface area contributed by atoms with Gasteiger partial charge in [-0.25, -0.2) is 0 Å². The molecule has 0 amide bonds. The third kappa shape index (κ3) is 6.20. The van der Waals surface area contributed by atoms with Crippen LogP contribution in [0.4, 0.5) is 0 Å². The van der Waals surface area contributed by atoms with Gasteiger partial charge in [0.25, 0.3) is 0 Å². The minimum Gasteiger partial charge on any atom is -0.302 e. The molecule has 1 aliphatic heterocycles. The maximum Gasteiger partial charge on any atom is 0.142 e. The van der Waals surface area contributed by atoms with Crippen molar-refractivity contribution in [3.63, 3.8) is 0 Å². The number of carbonyl (C=O) groups excluding carboxylic acids is 1. The van der Waals surface area contributed by atoms with Crippen LogP contribution in [0, 0.1) is 11.8 Å². The SMILES string of the molecule is O=C1C(Cc2ccc(Cl)cc2)CN(CCc2ccccc2)CC1Cc1ccc(Cl)cc1. The summed E-state index contributed by atoms with van der Waals surface area (Å²) in [6.07, 6.45) is 2.51. The molecular formula is C27H27Cl2NO. The second-order valence-electron chi connectivity index (χ2n) is 8.45. The Morgan fingerprint density at radius 1 is 0.677 bits per heavy atom. The summed E-state index contributed by atoms with van der Waals surface area (Å²) in [5.41, 5.74) is 3.67. The van der Waals surface area contributed by atoms with Crippen LogP contribution in [-0.4, -0.2) is 30.3 Å². The average molecular weight is 452 g/mol. The van der Waals surface area contributed by atoms with Gasteiger partial charge in [0.15, 0.2) is 0 Å². The van der Waals surface area contributed by atoms with Crippen LogP contribution in [0.1, 0.15) is 16.7 Å². The summed E-state index contributed by atoms with van der Waals surface area (Å²) >= 11 is 12.1. The van der Waals surface area contributed by atoms with Gasteiger partial charge in [-0.3, -0.25) is 4.79 Å². The Morgan fingerprint density at radius 2 is 1.16 bits per heavy atom. The largest absolute Gasteiger partial charge is 0.302 e. The van der Waals surface area contributed by atoms with Crippen LogP contribution in [0.25, 0.3) is 0 Å². The van der Waals surface area contributed by atoms with Crippen molar-refractivity contribution in [2.75, 3.05) is 19.6 Å². The first kappa shape index (κ1) is 22.1. The molecule has 31 heavy (non-hydrogen) atoms. The number of hydrogen-bond donors (Lipinski definition) is 0. The van der Waals surface area contributed by atoms with Gasteiger partial charge in [-0.15, -0.1) is 0 Å². The number of Topliss-reactive ketones (excluding diaryl/α,β-unsaturated/α-hetero) is 1. The van der Waals surface area contributed by atoms with Crippen LogP contribution in [0.2, 0.25) is 10.0 Å². The molecule has 0 bridgehead atoms. The molecule has 2 atom stereocenters. The lowest BCUT2D eigenvalue weighted by Crippen LogP contribution is -2.48. The van der Waals surface area contributed by atoms with Crippen molar-refractivity contribution in [3.05, 3.63) is 106 Å². The van der Waals surface area contributed by atoms with Crippen molar-refractivity contribution in [1.29, 1.82) is 0 Å². The molecule has 0 spiro atoms. The van der Waals surface area contributed by atoms with E-state index in [4.69, 9.17) is 23.2 Å². The Kier molecular flexibility index (Phi) is 7.45. The lowest BCUT2D eigenvalue weighted by atomic mass is 9.81. The number of nitrogens with zero attached hydrogens (tertiary/aromatic N) is 1. The number of halogens is 2. The molecule has 1 heterocycles. The van der Waals surface area contributed by atoms with Crippen LogP contribution in [0.3, 0.4) is 0 Å². The van der Waals surface area contributed by atoms with Gasteiger partial charge in [0.1, 0.15) is 5.78 Å². The third-order valence-corrected chi connectivity index (χ3v) is 6.62. The molecule has 2 unspecified atom stereocenters. The van der Waals surface area contributed by atoms with Gasteiger partial charge in [0, 0.05) is 41.5 Å². The quantitative estimate of drug-likeness (QED) is 0.429. The van der Waals surface area contributed by atoms with Crippen molar-refractivity contribution in [1.82, 2.24) is 4.90 Å². The third-order valence-electron chi connectivity index (χ3n) is 6.11. The van der Waals surface area contributed by atoms with E-state index in [0.29, 0.717) is 5.78 Å². The topological polar surface area (TPSA) is 20.3 Å². The monoisotopic (exact) mass is 451 g/mol. The zero-order chi connectivity index (χ0) is 21.6. The van der Waals surface area contributed by atoms with Crippen LogP contribution < -0.4 is 0 Å². The minimum atomic E-state index is 0.00278. The normalized spacial score (nSPS) is 19.5. The highest BCUT2D eigenvalue weighted by Crippen LogP contribution is 2.26. The summed E-state index contributed by atoms with van der Waals surface area (Å²) in [7, 11) is 0. The van der Waals surface area contributed by atoms with Gasteiger partial charge in [0.05, 0.1) is 0 Å². The van der Waals surface area contributed by atoms with E-state index in [0.717, 1.165) is 60.1 Å². The molecule has 1 aliphatic rings. The Balaban J connectivity index is 1.49. The van der Waals surface area contributed by atoms with Crippen molar-refractivity contribution in [3.8, 4) is 0 Å². The van der Waals surface area contributed by atoms with E-state index in [1.807, 2.05) is 54.6 Å². The summed E-state index contributed by atoms with van der Waals surface area (Å²) in [6, 6.07) is 26.3. The second-order valence-corrected chi connectivity index (χ2v) is 9.33. The van der Waals surface area contributed by atoms with Crippen LogP contribution >= 0.6 is 23.2 Å². The van der Waals surface area contributed by atoms with Gasteiger partial charge in [-0.1, -0.05) is 77.8 Å². The summed E-state index contributed by atoms with van der Waals surface area (Å²) in [5, 5.41) is 1.45. The minimum absolute atomic E-state index is 0.00278. The highest BCUT2D eigenvalue weighted by atomic mass is 35.5. The number of likely N-dealkylation sites (tertiary alicyclic amines) is 1. The van der Waals surface area contributed by atoms with Crippen LogP contribution in [-0.2, 0) is 24.1 Å². The highest BCUT2D eigenvalue weighted by molar-refractivity contribution is 6.30. The molecule has 1 saturated heterocycles. The summed E-state index contributed by atoms with van der Waals surface area (Å²) < 4.78 is 0. The van der Waals surface area contributed by atoms with Crippen LogP contribution in [0.5, 0.6) is 0 Å². The summed E-state index contributed by atoms with van der Waals surface area (Å²) in [4.78, 5) is 15.9. The first-order valence-corrected chi connectivity index (χ1v) is 11.6. The number of rotatable bonds is 7. The first-order chi connectivity index (χ1) is 15.1. The molecule has 3 aromatic rings. The molecule has 0 N–H and O–H groups in total. The Hall–Kier alpha value is -2.13. The molecule has 2 nitrogen and oxygen atoms in total. The molecule has 0 aromatic heterocycles. The van der Waals surface area contributed by atoms with Gasteiger partial charge in [0.2, 0.25) is 0 Å². The van der Waals surface area contributed by atoms with Gasteiger partial charge in [-0.05, 0) is 60.2 Å². The van der Waals surface area contributed by atoms with Crippen molar-refractivity contribution < 1.29 is 4.79 Å². The lowest BCUT2D eigenvalue weighted by Gasteiger charge is -2.37. The molecule has 0 radical (unpaired) electrons. The Labute approximate surface area is 194 Å². The molecule has 1 fully saturated rings. The van der Waals surface area contributed by atoms with E-state index >= 15 is 0 Å². The molecular weight excluding hydrogens is 425 g/mol. The number of benzene rings is 3. The molecule has 0 aliphatic carbocycles. The molecule has 3 aromatic carbocycles. The van der Waals surface area contributed by atoms with E-state index in [9.17, 15) is 4.79 Å². The number of ketones is 1. The Morgan fingerprint density at radius 3 is 1.65 bits per heavy atom. The van der Waals surface area contributed by atoms with E-state index < -0.39 is 0 Å². The fourth-order valence-electron chi connectivity index (χ4n) is 4.47. The fraction of sp³-hybridized carbons (Fsp3) is 0.296. The molecule has 160 valence electrons. The predicted octanol–water partition coefficient (Wildman–Crippen LogP) is 6.14. The summed E-state index contributed by atoms with van der Waals surface area (Å²) in [6.45, 7) is 2.59. The Bertz CT molecular complexity index is 927. The highest BCUT2D eigenvalue weighted by Gasteiger charge is 2.35. The van der Waals surface area contributed by atoms with Crippen molar-refractivity contribution >= 4 is 29.0 Å². The van der Waals surface area contributed by atoms with Crippen molar-refractivity contribution in [2.45, 2.75) is 19.3 Å². The second kappa shape index (κ2) is 10.5. The van der Waals surface area contributed by atoms with Crippen molar-refractivity contribution in [2.24, 2.45) is 11.8 Å². The maximum atomic E-state index is 13.4. The van der Waals surface area contributed by atoms with Gasteiger partial charge < -0.3 is 4.90 Å². The van der Waals surface area contributed by atoms with E-state index in [-0.39, 0.29) is 11.8 Å². The first-order valence-electron chi connectivity index (χ1n) is 10.9. The molecule has 4 rings (SSSR count). The fourth-order valence-corrected chi connectivity index (χ4v) is 4.72. The number of carbonyl (C=O) groups is 1. The van der Waals surface area contributed by atoms with Gasteiger partial charge >= 0.3 is 0 Å². The average Bonchev–Trinajstić information content (AvgIpc) is 2.79. The van der Waals surface area contributed by atoms with E-state index in [1.165, 1.54) is 5.56 Å². The number of piperidine rings is 1. The van der Waals surface area contributed by atoms with E-state index in [1.54, 1.807) is 0 Å².